The summed E-state index contributed by atoms with van der Waals surface area (Å²) in [5.41, 5.74) is 0.389. The van der Waals surface area contributed by atoms with E-state index in [1.165, 1.54) is 12.1 Å². The Labute approximate surface area is 76.5 Å². The van der Waals surface area contributed by atoms with Crippen LogP contribution in [0.1, 0.15) is 18.5 Å². The van der Waals surface area contributed by atoms with Crippen LogP contribution in [-0.2, 0) is 0 Å². The largest absolute Gasteiger partial charge is 0.508 e. The first-order chi connectivity index (χ1) is 6.06. The van der Waals surface area contributed by atoms with Gasteiger partial charge in [0, 0.05) is 18.2 Å². The summed E-state index contributed by atoms with van der Waals surface area (Å²) >= 11 is 0. The standard InChI is InChI=1S/C9H13NO3/c1-5(10-2)9-7(12)3-6(11)4-8(9)13/h3-5,10-13H,1-2H3/t5-/m1/s1. The number of aromatic hydroxyl groups is 3. The molecule has 1 aromatic rings. The first kappa shape index (κ1) is 9.67. The van der Waals surface area contributed by atoms with Crippen molar-refractivity contribution in [2.24, 2.45) is 0 Å². The Bertz CT molecular complexity index is 289. The minimum absolute atomic E-state index is 0.112. The molecule has 0 aliphatic rings. The third-order valence-electron chi connectivity index (χ3n) is 1.99. The summed E-state index contributed by atoms with van der Waals surface area (Å²) < 4.78 is 0. The molecule has 0 amide bonds. The molecule has 0 unspecified atom stereocenters. The molecule has 0 spiro atoms. The fourth-order valence-electron chi connectivity index (χ4n) is 1.20. The Morgan fingerprint density at radius 1 is 1.15 bits per heavy atom. The summed E-state index contributed by atoms with van der Waals surface area (Å²) in [5, 5.41) is 30.7. The van der Waals surface area contributed by atoms with Crippen LogP contribution >= 0.6 is 0 Å². The molecule has 1 aromatic carbocycles. The monoisotopic (exact) mass is 183 g/mol. The number of hydrogen-bond donors (Lipinski definition) is 4. The lowest BCUT2D eigenvalue weighted by Crippen LogP contribution is -2.12. The second-order valence-electron chi connectivity index (χ2n) is 2.91. The van der Waals surface area contributed by atoms with Crippen molar-refractivity contribution in [3.05, 3.63) is 17.7 Å². The highest BCUT2D eigenvalue weighted by Crippen LogP contribution is 2.35. The second-order valence-corrected chi connectivity index (χ2v) is 2.91. The van der Waals surface area contributed by atoms with Crippen LogP contribution in [0.4, 0.5) is 0 Å². The Hall–Kier alpha value is -1.42. The van der Waals surface area contributed by atoms with Crippen molar-refractivity contribution in [3.8, 4) is 17.2 Å². The fraction of sp³-hybridized carbons (Fsp3) is 0.333. The molecule has 4 N–H and O–H groups in total. The Morgan fingerprint density at radius 3 is 2.00 bits per heavy atom. The van der Waals surface area contributed by atoms with Gasteiger partial charge in [0.2, 0.25) is 0 Å². The first-order valence-corrected chi connectivity index (χ1v) is 3.98. The zero-order valence-corrected chi connectivity index (χ0v) is 7.57. The van der Waals surface area contributed by atoms with Gasteiger partial charge in [-0.25, -0.2) is 0 Å². The number of rotatable bonds is 2. The van der Waals surface area contributed by atoms with E-state index in [1.54, 1.807) is 14.0 Å². The van der Waals surface area contributed by atoms with E-state index in [4.69, 9.17) is 5.11 Å². The van der Waals surface area contributed by atoms with Crippen molar-refractivity contribution in [2.75, 3.05) is 7.05 Å². The molecular formula is C9H13NO3. The van der Waals surface area contributed by atoms with E-state index >= 15 is 0 Å². The zero-order valence-electron chi connectivity index (χ0n) is 7.57. The molecule has 0 saturated heterocycles. The highest BCUT2D eigenvalue weighted by atomic mass is 16.3. The van der Waals surface area contributed by atoms with Crippen molar-refractivity contribution in [1.29, 1.82) is 0 Å². The summed E-state index contributed by atoms with van der Waals surface area (Å²) in [6, 6.07) is 2.23. The minimum atomic E-state index is -0.166. The van der Waals surface area contributed by atoms with Gasteiger partial charge in [-0.2, -0.15) is 0 Å². The molecule has 4 heteroatoms. The Kier molecular flexibility index (Phi) is 2.63. The first-order valence-electron chi connectivity index (χ1n) is 3.98. The quantitative estimate of drug-likeness (QED) is 0.553. The average Bonchev–Trinajstić information content (AvgIpc) is 2.02. The summed E-state index contributed by atoms with van der Waals surface area (Å²) in [6.07, 6.45) is 0. The average molecular weight is 183 g/mol. The molecule has 0 heterocycles. The molecule has 72 valence electrons. The van der Waals surface area contributed by atoms with Crippen LogP contribution in [0, 0.1) is 0 Å². The van der Waals surface area contributed by atoms with Crippen molar-refractivity contribution >= 4 is 0 Å². The van der Waals surface area contributed by atoms with Crippen LogP contribution in [0.2, 0.25) is 0 Å². The van der Waals surface area contributed by atoms with E-state index in [0.717, 1.165) is 0 Å². The molecule has 0 radical (unpaired) electrons. The molecular weight excluding hydrogens is 170 g/mol. The van der Waals surface area contributed by atoms with Crippen molar-refractivity contribution < 1.29 is 15.3 Å². The van der Waals surface area contributed by atoms with Gasteiger partial charge in [-0.3, -0.25) is 0 Å². The molecule has 1 rings (SSSR count). The van der Waals surface area contributed by atoms with Gasteiger partial charge in [0.05, 0.1) is 5.56 Å². The van der Waals surface area contributed by atoms with Crippen LogP contribution < -0.4 is 5.32 Å². The number of benzene rings is 1. The van der Waals surface area contributed by atoms with Crippen molar-refractivity contribution in [2.45, 2.75) is 13.0 Å². The Morgan fingerprint density at radius 2 is 1.62 bits per heavy atom. The lowest BCUT2D eigenvalue weighted by atomic mass is 10.1. The van der Waals surface area contributed by atoms with Gasteiger partial charge in [-0.1, -0.05) is 0 Å². The summed E-state index contributed by atoms with van der Waals surface area (Å²) in [5.74, 6) is -0.374. The van der Waals surface area contributed by atoms with E-state index in [2.05, 4.69) is 5.32 Å². The zero-order chi connectivity index (χ0) is 10.0. The highest BCUT2D eigenvalue weighted by Gasteiger charge is 2.14. The SMILES string of the molecule is CN[C@H](C)c1c(O)cc(O)cc1O. The molecule has 0 bridgehead atoms. The number of hydrogen-bond acceptors (Lipinski definition) is 4. The fourth-order valence-corrected chi connectivity index (χ4v) is 1.20. The summed E-state index contributed by atoms with van der Waals surface area (Å²) in [6.45, 7) is 1.80. The van der Waals surface area contributed by atoms with Gasteiger partial charge in [0.15, 0.2) is 0 Å². The molecule has 0 fully saturated rings. The maximum Gasteiger partial charge on any atom is 0.127 e. The van der Waals surface area contributed by atoms with E-state index in [0.29, 0.717) is 5.56 Å². The third kappa shape index (κ3) is 1.84. The van der Waals surface area contributed by atoms with Crippen LogP contribution in [0.15, 0.2) is 12.1 Å². The third-order valence-corrected chi connectivity index (χ3v) is 1.99. The Balaban J connectivity index is 3.20. The lowest BCUT2D eigenvalue weighted by Gasteiger charge is -2.14. The number of phenols is 3. The second kappa shape index (κ2) is 3.53. The van der Waals surface area contributed by atoms with Gasteiger partial charge in [0.25, 0.3) is 0 Å². The lowest BCUT2D eigenvalue weighted by molar-refractivity contribution is 0.408. The minimum Gasteiger partial charge on any atom is -0.508 e. The van der Waals surface area contributed by atoms with Crippen LogP contribution in [-0.4, -0.2) is 22.4 Å². The molecule has 0 aliphatic carbocycles. The maximum atomic E-state index is 9.41. The van der Waals surface area contributed by atoms with Gasteiger partial charge in [-0.05, 0) is 14.0 Å². The number of phenolic OH excluding ortho intramolecular Hbond substituents is 3. The van der Waals surface area contributed by atoms with Crippen LogP contribution in [0.3, 0.4) is 0 Å². The molecule has 0 aromatic heterocycles. The predicted octanol–water partition coefficient (Wildman–Crippen LogP) is 1.08. The molecule has 1 atom stereocenters. The number of nitrogens with one attached hydrogen (secondary N) is 1. The van der Waals surface area contributed by atoms with Crippen molar-refractivity contribution in [3.63, 3.8) is 0 Å². The summed E-state index contributed by atoms with van der Waals surface area (Å²) in [4.78, 5) is 0. The molecule has 0 saturated carbocycles. The summed E-state index contributed by atoms with van der Waals surface area (Å²) in [7, 11) is 1.72. The molecule has 0 aliphatic heterocycles. The smallest absolute Gasteiger partial charge is 0.127 e. The van der Waals surface area contributed by atoms with Gasteiger partial charge >= 0.3 is 0 Å². The van der Waals surface area contributed by atoms with E-state index in [1.807, 2.05) is 0 Å². The van der Waals surface area contributed by atoms with Gasteiger partial charge < -0.3 is 20.6 Å². The normalized spacial score (nSPS) is 12.8. The van der Waals surface area contributed by atoms with E-state index in [-0.39, 0.29) is 23.3 Å². The topological polar surface area (TPSA) is 72.7 Å². The maximum absolute atomic E-state index is 9.41. The highest BCUT2D eigenvalue weighted by molar-refractivity contribution is 5.50. The van der Waals surface area contributed by atoms with Gasteiger partial charge in [-0.15, -0.1) is 0 Å². The van der Waals surface area contributed by atoms with Crippen molar-refractivity contribution in [1.82, 2.24) is 5.32 Å². The van der Waals surface area contributed by atoms with Gasteiger partial charge in [0.1, 0.15) is 17.2 Å². The van der Waals surface area contributed by atoms with E-state index < -0.39 is 0 Å². The van der Waals surface area contributed by atoms with Crippen LogP contribution in [0.25, 0.3) is 0 Å². The van der Waals surface area contributed by atoms with Crippen LogP contribution in [0.5, 0.6) is 17.2 Å². The van der Waals surface area contributed by atoms with E-state index in [9.17, 15) is 10.2 Å². The molecule has 13 heavy (non-hydrogen) atoms. The predicted molar refractivity (Wildman–Crippen MR) is 48.9 cm³/mol. The molecule has 4 nitrogen and oxygen atoms in total.